The number of likely N-dealkylation sites (tertiary alicyclic amines) is 1. The minimum atomic E-state index is 0.0633. The van der Waals surface area contributed by atoms with E-state index in [1.54, 1.807) is 0 Å². The number of rotatable bonds is 3. The molecule has 0 spiro atoms. The molecule has 1 saturated carbocycles. The Morgan fingerprint density at radius 3 is 2.48 bits per heavy atom. The van der Waals surface area contributed by atoms with Crippen molar-refractivity contribution in [3.8, 4) is 0 Å². The van der Waals surface area contributed by atoms with E-state index in [4.69, 9.17) is 0 Å². The first-order chi connectivity index (χ1) is 11.1. The Labute approximate surface area is 139 Å². The van der Waals surface area contributed by atoms with Crippen molar-refractivity contribution in [3.63, 3.8) is 0 Å². The van der Waals surface area contributed by atoms with Gasteiger partial charge >= 0.3 is 0 Å². The summed E-state index contributed by atoms with van der Waals surface area (Å²) in [6, 6.07) is 10.6. The van der Waals surface area contributed by atoms with Crippen LogP contribution < -0.4 is 0 Å². The van der Waals surface area contributed by atoms with Crippen molar-refractivity contribution in [1.82, 2.24) is 4.90 Å². The lowest BCUT2D eigenvalue weighted by Gasteiger charge is -2.36. The lowest BCUT2D eigenvalue weighted by Crippen LogP contribution is -2.43. The zero-order chi connectivity index (χ0) is 16.2. The summed E-state index contributed by atoms with van der Waals surface area (Å²) in [6.07, 6.45) is 5.41. The van der Waals surface area contributed by atoms with Gasteiger partial charge in [-0.2, -0.15) is 0 Å². The van der Waals surface area contributed by atoms with Crippen LogP contribution in [0.15, 0.2) is 30.3 Å². The molecule has 2 fully saturated rings. The van der Waals surface area contributed by atoms with Crippen LogP contribution in [0.25, 0.3) is 0 Å². The summed E-state index contributed by atoms with van der Waals surface area (Å²) in [7, 11) is 0. The third-order valence-electron chi connectivity index (χ3n) is 5.57. The molecule has 1 saturated heterocycles. The van der Waals surface area contributed by atoms with Gasteiger partial charge in [-0.3, -0.25) is 9.59 Å². The fourth-order valence-corrected chi connectivity index (χ4v) is 4.03. The number of Topliss-reactive ketones (excluding diaryl/α,β-unsaturated/α-hetero) is 1. The van der Waals surface area contributed by atoms with E-state index in [-0.39, 0.29) is 11.8 Å². The Hall–Kier alpha value is -1.64. The molecule has 1 aliphatic heterocycles. The Morgan fingerprint density at radius 1 is 1.13 bits per heavy atom. The number of piperidine rings is 1. The summed E-state index contributed by atoms with van der Waals surface area (Å²) in [4.78, 5) is 26.4. The van der Waals surface area contributed by atoms with E-state index in [9.17, 15) is 9.59 Å². The summed E-state index contributed by atoms with van der Waals surface area (Å²) in [5, 5.41) is 0. The molecule has 1 aromatic carbocycles. The largest absolute Gasteiger partial charge is 0.342 e. The lowest BCUT2D eigenvalue weighted by molar-refractivity contribution is -0.140. The van der Waals surface area contributed by atoms with Gasteiger partial charge in [0.1, 0.15) is 5.78 Å². The van der Waals surface area contributed by atoms with Crippen LogP contribution in [0, 0.1) is 17.8 Å². The van der Waals surface area contributed by atoms with Crippen molar-refractivity contribution in [2.75, 3.05) is 13.1 Å². The van der Waals surface area contributed by atoms with Gasteiger partial charge in [-0.15, -0.1) is 0 Å². The van der Waals surface area contributed by atoms with E-state index in [1.807, 2.05) is 6.92 Å². The molecule has 1 heterocycles. The molecule has 2 atom stereocenters. The van der Waals surface area contributed by atoms with Gasteiger partial charge in [0.15, 0.2) is 0 Å². The number of ketones is 1. The van der Waals surface area contributed by atoms with Gasteiger partial charge in [-0.25, -0.2) is 0 Å². The van der Waals surface area contributed by atoms with E-state index in [2.05, 4.69) is 35.2 Å². The predicted molar refractivity (Wildman–Crippen MR) is 91.0 cm³/mol. The Kier molecular flexibility index (Phi) is 5.14. The van der Waals surface area contributed by atoms with Crippen LogP contribution in [0.5, 0.6) is 0 Å². The average Bonchev–Trinajstić information content (AvgIpc) is 2.58. The first-order valence-corrected chi connectivity index (χ1v) is 8.99. The molecule has 3 heteroatoms. The SMILES string of the molecule is CC1CC(C(=O)N2CCC(Cc3ccccc3)CC2)CCC1=O. The zero-order valence-corrected chi connectivity index (χ0v) is 14.0. The molecule has 1 amide bonds. The fraction of sp³-hybridized carbons (Fsp3) is 0.600. The minimum absolute atomic E-state index is 0.0633. The maximum absolute atomic E-state index is 12.7. The lowest BCUT2D eigenvalue weighted by atomic mass is 9.80. The van der Waals surface area contributed by atoms with Crippen molar-refractivity contribution in [2.24, 2.45) is 17.8 Å². The quantitative estimate of drug-likeness (QED) is 0.857. The molecule has 0 radical (unpaired) electrons. The van der Waals surface area contributed by atoms with Crippen molar-refractivity contribution >= 4 is 11.7 Å². The fourth-order valence-electron chi connectivity index (χ4n) is 4.03. The zero-order valence-electron chi connectivity index (χ0n) is 14.0. The minimum Gasteiger partial charge on any atom is -0.342 e. The van der Waals surface area contributed by atoms with Crippen molar-refractivity contribution in [3.05, 3.63) is 35.9 Å². The summed E-state index contributed by atoms with van der Waals surface area (Å²) >= 11 is 0. The molecule has 3 nitrogen and oxygen atoms in total. The second kappa shape index (κ2) is 7.29. The standard InChI is InChI=1S/C20H27NO2/c1-15-13-18(7-8-19(15)22)20(23)21-11-9-17(10-12-21)14-16-5-3-2-4-6-16/h2-6,15,17-18H,7-14H2,1H3. The summed E-state index contributed by atoms with van der Waals surface area (Å²) in [5.74, 6) is 1.45. The van der Waals surface area contributed by atoms with Gasteiger partial charge in [0.2, 0.25) is 5.91 Å². The van der Waals surface area contributed by atoms with E-state index in [0.717, 1.165) is 45.2 Å². The molecule has 23 heavy (non-hydrogen) atoms. The molecule has 0 N–H and O–H groups in total. The van der Waals surface area contributed by atoms with Gasteiger partial charge in [-0.05, 0) is 43.6 Å². The number of hydrogen-bond acceptors (Lipinski definition) is 2. The van der Waals surface area contributed by atoms with Crippen LogP contribution in [-0.2, 0) is 16.0 Å². The number of nitrogens with zero attached hydrogens (tertiary/aromatic N) is 1. The second-order valence-corrected chi connectivity index (χ2v) is 7.30. The molecule has 1 aliphatic carbocycles. The van der Waals surface area contributed by atoms with E-state index < -0.39 is 0 Å². The molecule has 3 rings (SSSR count). The van der Waals surface area contributed by atoms with Crippen molar-refractivity contribution in [1.29, 1.82) is 0 Å². The third-order valence-corrected chi connectivity index (χ3v) is 5.57. The number of hydrogen-bond donors (Lipinski definition) is 0. The molecular formula is C20H27NO2. The molecule has 2 unspecified atom stereocenters. The maximum atomic E-state index is 12.7. The first-order valence-electron chi connectivity index (χ1n) is 8.99. The summed E-state index contributed by atoms with van der Waals surface area (Å²) in [6.45, 7) is 3.73. The number of benzene rings is 1. The first kappa shape index (κ1) is 16.2. The van der Waals surface area contributed by atoms with Crippen LogP contribution >= 0.6 is 0 Å². The van der Waals surface area contributed by atoms with Gasteiger partial charge in [0.25, 0.3) is 0 Å². The van der Waals surface area contributed by atoms with E-state index in [1.165, 1.54) is 5.56 Å². The maximum Gasteiger partial charge on any atom is 0.225 e. The summed E-state index contributed by atoms with van der Waals surface area (Å²) < 4.78 is 0. The van der Waals surface area contributed by atoms with Crippen LogP contribution in [0.2, 0.25) is 0 Å². The highest BCUT2D eigenvalue weighted by Gasteiger charge is 2.33. The number of amides is 1. The van der Waals surface area contributed by atoms with Gasteiger partial charge in [-0.1, -0.05) is 37.3 Å². The van der Waals surface area contributed by atoms with E-state index in [0.29, 0.717) is 24.0 Å². The average molecular weight is 313 g/mol. The molecule has 124 valence electrons. The molecule has 1 aromatic rings. The molecular weight excluding hydrogens is 286 g/mol. The highest BCUT2D eigenvalue weighted by molar-refractivity contribution is 5.86. The normalized spacial score (nSPS) is 26.3. The highest BCUT2D eigenvalue weighted by atomic mass is 16.2. The highest BCUT2D eigenvalue weighted by Crippen LogP contribution is 2.30. The third kappa shape index (κ3) is 4.01. The second-order valence-electron chi connectivity index (χ2n) is 7.30. The monoisotopic (exact) mass is 313 g/mol. The smallest absolute Gasteiger partial charge is 0.225 e. The predicted octanol–water partition coefficient (Wildman–Crippen LogP) is 3.47. The van der Waals surface area contributed by atoms with Crippen molar-refractivity contribution in [2.45, 2.75) is 45.4 Å². The molecule has 2 aliphatic rings. The number of carbonyl (C=O) groups excluding carboxylic acids is 2. The van der Waals surface area contributed by atoms with E-state index >= 15 is 0 Å². The van der Waals surface area contributed by atoms with Gasteiger partial charge in [0.05, 0.1) is 0 Å². The molecule has 0 bridgehead atoms. The Bertz CT molecular complexity index is 546. The van der Waals surface area contributed by atoms with Crippen LogP contribution in [0.1, 0.15) is 44.6 Å². The Balaban J connectivity index is 1.49. The van der Waals surface area contributed by atoms with Gasteiger partial charge < -0.3 is 4.90 Å². The Morgan fingerprint density at radius 2 is 1.83 bits per heavy atom. The van der Waals surface area contributed by atoms with Crippen LogP contribution in [0.4, 0.5) is 0 Å². The van der Waals surface area contributed by atoms with Crippen LogP contribution in [0.3, 0.4) is 0 Å². The van der Waals surface area contributed by atoms with Gasteiger partial charge in [0, 0.05) is 31.3 Å². The topological polar surface area (TPSA) is 37.4 Å². The molecule has 0 aromatic heterocycles. The number of carbonyl (C=O) groups is 2. The van der Waals surface area contributed by atoms with Crippen molar-refractivity contribution < 1.29 is 9.59 Å². The van der Waals surface area contributed by atoms with Crippen LogP contribution in [-0.4, -0.2) is 29.7 Å². The summed E-state index contributed by atoms with van der Waals surface area (Å²) in [5.41, 5.74) is 1.40.